The smallest absolute Gasteiger partial charge is 0.0820 e. The van der Waals surface area contributed by atoms with Gasteiger partial charge in [0.05, 0.1) is 16.9 Å². The van der Waals surface area contributed by atoms with Crippen LogP contribution >= 0.6 is 11.6 Å². The maximum absolute atomic E-state index is 6.48. The molecule has 1 aromatic rings. The predicted octanol–water partition coefficient (Wildman–Crippen LogP) is 4.47. The number of nitrogens with zero attached hydrogens (tertiary/aromatic N) is 2. The van der Waals surface area contributed by atoms with E-state index in [1.54, 1.807) is 0 Å². The maximum atomic E-state index is 6.48. The quantitative estimate of drug-likeness (QED) is 0.805. The fourth-order valence-corrected chi connectivity index (χ4v) is 4.17. The van der Waals surface area contributed by atoms with E-state index in [0.29, 0.717) is 11.8 Å². The van der Waals surface area contributed by atoms with E-state index >= 15 is 0 Å². The van der Waals surface area contributed by atoms with Gasteiger partial charge in [-0.15, -0.1) is 0 Å². The van der Waals surface area contributed by atoms with Crippen LogP contribution in [-0.4, -0.2) is 22.9 Å². The van der Waals surface area contributed by atoms with Gasteiger partial charge in [-0.25, -0.2) is 0 Å². The van der Waals surface area contributed by atoms with Crippen molar-refractivity contribution in [1.29, 1.82) is 0 Å². The van der Waals surface area contributed by atoms with E-state index < -0.39 is 0 Å². The molecule has 0 saturated heterocycles. The van der Waals surface area contributed by atoms with Gasteiger partial charge >= 0.3 is 0 Å². The van der Waals surface area contributed by atoms with Crippen molar-refractivity contribution in [2.24, 2.45) is 11.8 Å². The fraction of sp³-hybridized carbons (Fsp3) is 0.824. The average Bonchev–Trinajstić information content (AvgIpc) is 2.87. The summed E-state index contributed by atoms with van der Waals surface area (Å²) in [7, 11) is 0. The molecule has 0 amide bonds. The normalized spacial score (nSPS) is 26.2. The third-order valence-corrected chi connectivity index (χ3v) is 5.23. The third-order valence-electron chi connectivity index (χ3n) is 4.94. The first kappa shape index (κ1) is 16.8. The van der Waals surface area contributed by atoms with E-state index in [1.807, 2.05) is 6.20 Å². The average molecular weight is 312 g/mol. The van der Waals surface area contributed by atoms with E-state index in [-0.39, 0.29) is 0 Å². The number of hydrogen-bond donors (Lipinski definition) is 1. The molecule has 2 rings (SSSR count). The van der Waals surface area contributed by atoms with Crippen molar-refractivity contribution in [3.05, 3.63) is 16.9 Å². The fourth-order valence-electron chi connectivity index (χ4n) is 3.89. The molecule has 1 aromatic heterocycles. The summed E-state index contributed by atoms with van der Waals surface area (Å²) in [6.45, 7) is 9.68. The van der Waals surface area contributed by atoms with Crippen LogP contribution in [0.3, 0.4) is 0 Å². The van der Waals surface area contributed by atoms with Crippen LogP contribution in [0.5, 0.6) is 0 Å². The van der Waals surface area contributed by atoms with Crippen LogP contribution in [-0.2, 0) is 6.54 Å². The highest BCUT2D eigenvalue weighted by atomic mass is 35.5. The van der Waals surface area contributed by atoms with Crippen LogP contribution < -0.4 is 5.32 Å². The first-order valence-corrected chi connectivity index (χ1v) is 9.00. The highest BCUT2D eigenvalue weighted by Gasteiger charge is 2.34. The van der Waals surface area contributed by atoms with Gasteiger partial charge < -0.3 is 5.32 Å². The molecule has 4 heteroatoms. The van der Waals surface area contributed by atoms with Crippen LogP contribution in [0.1, 0.15) is 64.5 Å². The first-order valence-electron chi connectivity index (χ1n) is 8.63. The van der Waals surface area contributed by atoms with Gasteiger partial charge in [0, 0.05) is 12.5 Å². The minimum absolute atomic E-state index is 0.560. The number of halogens is 1. The predicted molar refractivity (Wildman–Crippen MR) is 89.9 cm³/mol. The van der Waals surface area contributed by atoms with Crippen molar-refractivity contribution >= 4 is 11.6 Å². The molecular formula is C17H30ClN3. The van der Waals surface area contributed by atoms with Crippen LogP contribution in [0.4, 0.5) is 0 Å². The number of nitrogens with one attached hydrogen (secondary N) is 1. The van der Waals surface area contributed by atoms with Gasteiger partial charge in [-0.05, 0) is 44.7 Å². The highest BCUT2D eigenvalue weighted by Crippen LogP contribution is 2.43. The maximum Gasteiger partial charge on any atom is 0.0820 e. The highest BCUT2D eigenvalue weighted by molar-refractivity contribution is 6.31. The SMILES string of the molecule is CCCC1CCC(CNCC)C(c2c(Cl)cnn2CC)C1. The second kappa shape index (κ2) is 8.19. The molecule has 1 aliphatic rings. The minimum atomic E-state index is 0.560. The molecule has 1 saturated carbocycles. The lowest BCUT2D eigenvalue weighted by Crippen LogP contribution is -2.33. The van der Waals surface area contributed by atoms with Gasteiger partial charge in [0.2, 0.25) is 0 Å². The molecule has 1 fully saturated rings. The zero-order valence-corrected chi connectivity index (χ0v) is 14.5. The molecule has 0 spiro atoms. The molecule has 120 valence electrons. The summed E-state index contributed by atoms with van der Waals surface area (Å²) < 4.78 is 2.11. The summed E-state index contributed by atoms with van der Waals surface area (Å²) in [5.74, 6) is 2.11. The van der Waals surface area contributed by atoms with E-state index in [2.05, 4.69) is 35.9 Å². The van der Waals surface area contributed by atoms with Crippen molar-refractivity contribution < 1.29 is 0 Å². The Kier molecular flexibility index (Phi) is 6.56. The molecule has 3 atom stereocenters. The van der Waals surface area contributed by atoms with Crippen LogP contribution in [0.25, 0.3) is 0 Å². The van der Waals surface area contributed by atoms with Crippen LogP contribution in [0.2, 0.25) is 5.02 Å². The van der Waals surface area contributed by atoms with Crippen molar-refractivity contribution in [2.45, 2.75) is 65.3 Å². The Labute approximate surface area is 134 Å². The van der Waals surface area contributed by atoms with Crippen molar-refractivity contribution in [2.75, 3.05) is 13.1 Å². The Hall–Kier alpha value is -0.540. The monoisotopic (exact) mass is 311 g/mol. The van der Waals surface area contributed by atoms with E-state index in [9.17, 15) is 0 Å². The summed E-state index contributed by atoms with van der Waals surface area (Å²) in [5, 5.41) is 8.86. The Morgan fingerprint density at radius 1 is 1.33 bits per heavy atom. The Bertz CT molecular complexity index is 430. The summed E-state index contributed by atoms with van der Waals surface area (Å²) in [6.07, 6.45) is 8.42. The Morgan fingerprint density at radius 2 is 2.14 bits per heavy atom. The van der Waals surface area contributed by atoms with Gasteiger partial charge in [-0.2, -0.15) is 5.10 Å². The molecule has 21 heavy (non-hydrogen) atoms. The van der Waals surface area contributed by atoms with Gasteiger partial charge in [0.1, 0.15) is 0 Å². The Balaban J connectivity index is 2.21. The Morgan fingerprint density at radius 3 is 2.81 bits per heavy atom. The molecule has 1 heterocycles. The van der Waals surface area contributed by atoms with E-state index in [0.717, 1.165) is 30.6 Å². The second-order valence-corrected chi connectivity index (χ2v) is 6.74. The number of rotatable bonds is 7. The zero-order chi connectivity index (χ0) is 15.2. The summed E-state index contributed by atoms with van der Waals surface area (Å²) in [5.41, 5.74) is 1.28. The standard InChI is InChI=1S/C17H30ClN3/c1-4-7-13-8-9-14(11-19-5-2)15(10-13)17-16(18)12-20-21(17)6-3/h12-15,19H,4-11H2,1-3H3. The molecule has 0 aromatic carbocycles. The number of aromatic nitrogens is 2. The van der Waals surface area contributed by atoms with Crippen molar-refractivity contribution in [3.8, 4) is 0 Å². The van der Waals surface area contributed by atoms with Crippen molar-refractivity contribution in [3.63, 3.8) is 0 Å². The second-order valence-electron chi connectivity index (χ2n) is 6.34. The van der Waals surface area contributed by atoms with Crippen LogP contribution in [0.15, 0.2) is 6.20 Å². The first-order chi connectivity index (χ1) is 10.2. The third kappa shape index (κ3) is 4.01. The molecule has 3 unspecified atom stereocenters. The van der Waals surface area contributed by atoms with Gasteiger partial charge in [0.25, 0.3) is 0 Å². The molecule has 0 bridgehead atoms. The topological polar surface area (TPSA) is 29.9 Å². The van der Waals surface area contributed by atoms with Crippen molar-refractivity contribution in [1.82, 2.24) is 15.1 Å². The molecule has 1 aliphatic carbocycles. The van der Waals surface area contributed by atoms with Crippen LogP contribution in [0, 0.1) is 11.8 Å². The molecule has 0 radical (unpaired) electrons. The lowest BCUT2D eigenvalue weighted by Gasteiger charge is -2.37. The minimum Gasteiger partial charge on any atom is -0.317 e. The summed E-state index contributed by atoms with van der Waals surface area (Å²) >= 11 is 6.48. The summed E-state index contributed by atoms with van der Waals surface area (Å²) in [4.78, 5) is 0. The van der Waals surface area contributed by atoms with E-state index in [4.69, 9.17) is 11.6 Å². The largest absolute Gasteiger partial charge is 0.317 e. The molecule has 3 nitrogen and oxygen atoms in total. The van der Waals surface area contributed by atoms with Gasteiger partial charge in [-0.1, -0.05) is 44.7 Å². The number of aryl methyl sites for hydroxylation is 1. The molecule has 0 aliphatic heterocycles. The van der Waals surface area contributed by atoms with E-state index in [1.165, 1.54) is 37.8 Å². The van der Waals surface area contributed by atoms with Gasteiger partial charge in [-0.3, -0.25) is 4.68 Å². The zero-order valence-electron chi connectivity index (χ0n) is 13.7. The number of hydrogen-bond acceptors (Lipinski definition) is 2. The lowest BCUT2D eigenvalue weighted by atomic mass is 9.71. The van der Waals surface area contributed by atoms with Gasteiger partial charge in [0.15, 0.2) is 0 Å². The lowest BCUT2D eigenvalue weighted by molar-refractivity contribution is 0.214. The molecular weight excluding hydrogens is 282 g/mol. The molecule has 1 N–H and O–H groups in total. The summed E-state index contributed by atoms with van der Waals surface area (Å²) in [6, 6.07) is 0.